The van der Waals surface area contributed by atoms with E-state index in [0.717, 1.165) is 6.42 Å². The molecule has 0 aliphatic carbocycles. The Labute approximate surface area is 66.7 Å². The zero-order valence-corrected chi connectivity index (χ0v) is 7.52. The van der Waals surface area contributed by atoms with Crippen LogP contribution in [0.15, 0.2) is 0 Å². The third-order valence-electron chi connectivity index (χ3n) is 2.50. The Balaban J connectivity index is 3.89. The van der Waals surface area contributed by atoms with Crippen LogP contribution in [0.3, 0.4) is 0 Å². The van der Waals surface area contributed by atoms with Crippen molar-refractivity contribution in [2.75, 3.05) is 0 Å². The van der Waals surface area contributed by atoms with Gasteiger partial charge in [-0.05, 0) is 0 Å². The minimum atomic E-state index is 0.315. The van der Waals surface area contributed by atoms with Crippen molar-refractivity contribution in [3.63, 3.8) is 0 Å². The van der Waals surface area contributed by atoms with Crippen LogP contribution < -0.4 is 0 Å². The molecule has 0 aromatic carbocycles. The molecule has 0 heterocycles. The second kappa shape index (κ2) is 4.00. The summed E-state index contributed by atoms with van der Waals surface area (Å²) in [5.41, 5.74) is 0. The Kier molecular flexibility index (Phi) is 4.00. The predicted octanol–water partition coefficient (Wildman–Crippen LogP) is 1.93. The van der Waals surface area contributed by atoms with E-state index in [2.05, 4.69) is 34.9 Å². The van der Waals surface area contributed by atoms with Crippen LogP contribution in [0.4, 0.5) is 0 Å². The molecule has 0 amide bonds. The monoisotopic (exact) mass is 134 g/mol. The number of rotatable bonds is 4. The SMILES string of the molecule is [B]=CCC(C)C(C)(C)[B]C. The quantitative estimate of drug-likeness (QED) is 0.515. The molecular weight excluding hydrogens is 118 g/mol. The Hall–Kier alpha value is -0.000130. The summed E-state index contributed by atoms with van der Waals surface area (Å²) in [6.45, 7) is 8.80. The minimum absolute atomic E-state index is 0.315. The Morgan fingerprint density at radius 3 is 2.40 bits per heavy atom. The molecule has 0 aliphatic rings. The Bertz CT molecular complexity index is 108. The van der Waals surface area contributed by atoms with Crippen LogP contribution in [0.2, 0.25) is 12.1 Å². The standard InChI is InChI=1S/C8H16B2/c1-7(5-6-9)8(2,3)10-4/h6-7H,5H2,1-4H3. The molecule has 0 aromatic rings. The van der Waals surface area contributed by atoms with E-state index in [1.54, 1.807) is 5.97 Å². The van der Waals surface area contributed by atoms with Crippen molar-refractivity contribution in [2.24, 2.45) is 5.92 Å². The van der Waals surface area contributed by atoms with Crippen LogP contribution in [0.25, 0.3) is 0 Å². The summed E-state index contributed by atoms with van der Waals surface area (Å²) in [5, 5.41) is 0.315. The summed E-state index contributed by atoms with van der Waals surface area (Å²) in [5.74, 6) is 2.39. The first-order valence-electron chi connectivity index (χ1n) is 3.88. The van der Waals surface area contributed by atoms with Gasteiger partial charge in [-0.25, -0.2) is 0 Å². The average molecular weight is 134 g/mol. The van der Waals surface area contributed by atoms with Crippen molar-refractivity contribution in [1.82, 2.24) is 0 Å². The maximum absolute atomic E-state index is 5.34. The summed E-state index contributed by atoms with van der Waals surface area (Å²) >= 11 is 0. The molecule has 0 aliphatic heterocycles. The number of hydrogen-bond donors (Lipinski definition) is 0. The molecule has 0 N–H and O–H groups in total. The average Bonchev–Trinajstić information content (AvgIpc) is 1.89. The van der Waals surface area contributed by atoms with Crippen LogP contribution >= 0.6 is 0 Å². The fourth-order valence-electron chi connectivity index (χ4n) is 0.792. The van der Waals surface area contributed by atoms with E-state index in [-0.39, 0.29) is 0 Å². The van der Waals surface area contributed by atoms with Crippen LogP contribution in [0.5, 0.6) is 0 Å². The molecule has 54 valence electrons. The van der Waals surface area contributed by atoms with Gasteiger partial charge in [0.25, 0.3) is 0 Å². The summed E-state index contributed by atoms with van der Waals surface area (Å²) in [7, 11) is 7.58. The fraction of sp³-hybridized carbons (Fsp3) is 0.875. The Morgan fingerprint density at radius 2 is 2.10 bits per heavy atom. The third-order valence-corrected chi connectivity index (χ3v) is 2.50. The topological polar surface area (TPSA) is 0 Å². The fourth-order valence-corrected chi connectivity index (χ4v) is 0.792. The van der Waals surface area contributed by atoms with Crippen LogP contribution in [-0.4, -0.2) is 20.7 Å². The van der Waals surface area contributed by atoms with E-state index < -0.39 is 0 Å². The molecule has 0 saturated carbocycles. The molecule has 1 atom stereocenters. The maximum atomic E-state index is 5.34. The molecule has 2 heteroatoms. The second-order valence-electron chi connectivity index (χ2n) is 3.48. The molecular formula is C8H16B2. The molecule has 0 fully saturated rings. The first-order chi connectivity index (χ1) is 4.54. The van der Waals surface area contributed by atoms with Gasteiger partial charge in [0.1, 0.15) is 0 Å². The predicted molar refractivity (Wildman–Crippen MR) is 51.3 cm³/mol. The van der Waals surface area contributed by atoms with Crippen LogP contribution in [0, 0.1) is 5.92 Å². The summed E-state index contributed by atoms with van der Waals surface area (Å²) in [6.07, 6.45) is 0.997. The summed E-state index contributed by atoms with van der Waals surface area (Å²) < 4.78 is 0. The molecule has 0 rings (SSSR count). The molecule has 0 nitrogen and oxygen atoms in total. The van der Waals surface area contributed by atoms with Gasteiger partial charge in [0, 0.05) is 0 Å². The molecule has 10 heavy (non-hydrogen) atoms. The first-order valence-corrected chi connectivity index (χ1v) is 3.88. The molecule has 0 bridgehead atoms. The van der Waals surface area contributed by atoms with Gasteiger partial charge in [0.2, 0.25) is 0 Å². The summed E-state index contributed by atoms with van der Waals surface area (Å²) in [4.78, 5) is 0. The van der Waals surface area contributed by atoms with Crippen molar-refractivity contribution in [1.29, 1.82) is 0 Å². The molecule has 0 aromatic heterocycles. The van der Waals surface area contributed by atoms with E-state index in [0.29, 0.717) is 11.2 Å². The molecule has 1 unspecified atom stereocenters. The van der Waals surface area contributed by atoms with Crippen LogP contribution in [0.1, 0.15) is 27.2 Å². The van der Waals surface area contributed by atoms with Gasteiger partial charge < -0.3 is 0 Å². The zero-order valence-electron chi connectivity index (χ0n) is 7.52. The van der Waals surface area contributed by atoms with Crippen molar-refractivity contribution in [3.05, 3.63) is 0 Å². The van der Waals surface area contributed by atoms with E-state index >= 15 is 0 Å². The normalized spacial score (nSPS) is 14.3. The third kappa shape index (κ3) is 2.72. The van der Waals surface area contributed by atoms with Crippen molar-refractivity contribution in [3.8, 4) is 0 Å². The van der Waals surface area contributed by atoms with Gasteiger partial charge in [-0.3, -0.25) is 0 Å². The van der Waals surface area contributed by atoms with E-state index in [4.69, 9.17) is 7.49 Å². The molecule has 0 spiro atoms. The van der Waals surface area contributed by atoms with E-state index in [1.807, 2.05) is 0 Å². The van der Waals surface area contributed by atoms with Gasteiger partial charge in [-0.2, -0.15) is 0 Å². The van der Waals surface area contributed by atoms with Crippen molar-refractivity contribution >= 4 is 20.7 Å². The van der Waals surface area contributed by atoms with Gasteiger partial charge in [0.05, 0.1) is 0 Å². The zero-order chi connectivity index (χ0) is 8.20. The van der Waals surface area contributed by atoms with Crippen molar-refractivity contribution in [2.45, 2.75) is 39.3 Å². The molecule has 2 radical (unpaired) electrons. The molecule has 0 saturated heterocycles. The van der Waals surface area contributed by atoms with Crippen molar-refractivity contribution < 1.29 is 0 Å². The van der Waals surface area contributed by atoms with Gasteiger partial charge in [-0.1, -0.05) is 0 Å². The van der Waals surface area contributed by atoms with Crippen LogP contribution in [-0.2, 0) is 0 Å². The van der Waals surface area contributed by atoms with Gasteiger partial charge in [-0.15, -0.1) is 0 Å². The Morgan fingerprint density at radius 1 is 1.60 bits per heavy atom. The summed E-state index contributed by atoms with van der Waals surface area (Å²) in [6, 6.07) is 0. The van der Waals surface area contributed by atoms with E-state index in [1.165, 1.54) is 0 Å². The van der Waals surface area contributed by atoms with Gasteiger partial charge in [0.15, 0.2) is 0 Å². The van der Waals surface area contributed by atoms with E-state index in [9.17, 15) is 0 Å². The second-order valence-corrected chi connectivity index (χ2v) is 3.48. The van der Waals surface area contributed by atoms with Gasteiger partial charge >= 0.3 is 66.0 Å². The first kappa shape index (κ1) is 10.00. The number of hydrogen-bond acceptors (Lipinski definition) is 0.